The molecule has 0 aliphatic heterocycles. The van der Waals surface area contributed by atoms with Crippen LogP contribution in [0.2, 0.25) is 0 Å². The third-order valence-corrected chi connectivity index (χ3v) is 2.88. The molecule has 1 N–H and O–H groups in total. The fraction of sp³-hybridized carbons (Fsp3) is 0.385. The Labute approximate surface area is 111 Å². The second kappa shape index (κ2) is 5.46. The van der Waals surface area contributed by atoms with Crippen LogP contribution in [0.25, 0.3) is 11.2 Å². The van der Waals surface area contributed by atoms with Gasteiger partial charge in [0.25, 0.3) is 0 Å². The van der Waals surface area contributed by atoms with Gasteiger partial charge >= 0.3 is 0 Å². The van der Waals surface area contributed by atoms with Crippen molar-refractivity contribution >= 4 is 23.4 Å². The Morgan fingerprint density at radius 3 is 3.11 bits per heavy atom. The number of aryl methyl sites for hydroxylation is 1. The molecule has 0 spiro atoms. The normalized spacial score (nSPS) is 11.0. The Balaban J connectivity index is 2.15. The highest BCUT2D eigenvalue weighted by molar-refractivity contribution is 7.71. The summed E-state index contributed by atoms with van der Waals surface area (Å²) in [5.41, 5.74) is 3.99. The molecule has 2 aromatic rings. The topological polar surface area (TPSA) is 42.8 Å². The second-order valence-electron chi connectivity index (χ2n) is 4.48. The lowest BCUT2D eigenvalue weighted by Crippen LogP contribution is -2.07. The van der Waals surface area contributed by atoms with Crippen molar-refractivity contribution < 1.29 is 4.74 Å². The van der Waals surface area contributed by atoms with Gasteiger partial charge in [0.2, 0.25) is 0 Å². The van der Waals surface area contributed by atoms with Crippen LogP contribution in [0.3, 0.4) is 0 Å². The largest absolute Gasteiger partial charge is 0.375 e. The molecule has 0 saturated carbocycles. The molecule has 2 heterocycles. The second-order valence-corrected chi connectivity index (χ2v) is 4.86. The molecule has 0 fully saturated rings. The van der Waals surface area contributed by atoms with Crippen LogP contribution < -0.4 is 0 Å². The van der Waals surface area contributed by atoms with Gasteiger partial charge in [0.15, 0.2) is 10.4 Å². The van der Waals surface area contributed by atoms with Gasteiger partial charge in [-0.1, -0.05) is 12.2 Å². The molecule has 18 heavy (non-hydrogen) atoms. The highest BCUT2D eigenvalue weighted by atomic mass is 32.1. The Morgan fingerprint density at radius 1 is 1.61 bits per heavy atom. The van der Waals surface area contributed by atoms with Gasteiger partial charge in [0.1, 0.15) is 0 Å². The summed E-state index contributed by atoms with van der Waals surface area (Å²) in [7, 11) is 0. The number of rotatable bonds is 5. The summed E-state index contributed by atoms with van der Waals surface area (Å²) in [6.07, 6.45) is 1.84. The molecule has 0 radical (unpaired) electrons. The van der Waals surface area contributed by atoms with Crippen LogP contribution in [0.5, 0.6) is 0 Å². The average Bonchev–Trinajstić information content (AvgIpc) is 2.59. The zero-order valence-corrected chi connectivity index (χ0v) is 11.5. The molecule has 96 valence electrons. The van der Waals surface area contributed by atoms with Crippen molar-refractivity contribution in [3.63, 3.8) is 0 Å². The van der Waals surface area contributed by atoms with E-state index in [1.165, 1.54) is 0 Å². The van der Waals surface area contributed by atoms with E-state index in [0.29, 0.717) is 24.5 Å². The lowest BCUT2D eigenvalue weighted by atomic mass is 10.3. The third-order valence-electron chi connectivity index (χ3n) is 2.55. The number of ether oxygens (including phenoxy) is 1. The maximum Gasteiger partial charge on any atom is 0.179 e. The summed E-state index contributed by atoms with van der Waals surface area (Å²) in [5.74, 6) is 0. The number of hydrogen-bond acceptors (Lipinski definition) is 3. The maximum absolute atomic E-state index is 5.49. The number of hydrogen-bond donors (Lipinski definition) is 1. The Morgan fingerprint density at radius 2 is 2.39 bits per heavy atom. The van der Waals surface area contributed by atoms with E-state index in [0.717, 1.165) is 22.3 Å². The van der Waals surface area contributed by atoms with Crippen molar-refractivity contribution in [2.75, 3.05) is 13.2 Å². The van der Waals surface area contributed by atoms with E-state index in [1.54, 1.807) is 0 Å². The lowest BCUT2D eigenvalue weighted by Gasteiger charge is -2.05. The van der Waals surface area contributed by atoms with Crippen molar-refractivity contribution in [1.29, 1.82) is 0 Å². The van der Waals surface area contributed by atoms with Crippen molar-refractivity contribution in [2.45, 2.75) is 20.4 Å². The van der Waals surface area contributed by atoms with Gasteiger partial charge in [-0.05, 0) is 37.7 Å². The van der Waals surface area contributed by atoms with E-state index in [4.69, 9.17) is 17.0 Å². The van der Waals surface area contributed by atoms with E-state index in [-0.39, 0.29) is 0 Å². The fourth-order valence-electron chi connectivity index (χ4n) is 1.76. The number of aromatic amines is 1. The van der Waals surface area contributed by atoms with Gasteiger partial charge in [-0.3, -0.25) is 4.57 Å². The molecular weight excluding hydrogens is 246 g/mol. The average molecular weight is 263 g/mol. The molecule has 0 bridgehead atoms. The Hall–Kier alpha value is -1.46. The van der Waals surface area contributed by atoms with Gasteiger partial charge in [-0.25, -0.2) is 4.98 Å². The van der Waals surface area contributed by atoms with Crippen LogP contribution in [0.1, 0.15) is 12.5 Å². The first-order chi connectivity index (χ1) is 8.58. The van der Waals surface area contributed by atoms with Crippen LogP contribution in [-0.2, 0) is 11.3 Å². The van der Waals surface area contributed by atoms with Gasteiger partial charge in [0.05, 0.1) is 25.3 Å². The summed E-state index contributed by atoms with van der Waals surface area (Å²) in [5, 5.41) is 0. The zero-order valence-electron chi connectivity index (χ0n) is 10.7. The van der Waals surface area contributed by atoms with Gasteiger partial charge in [0, 0.05) is 6.20 Å². The van der Waals surface area contributed by atoms with E-state index >= 15 is 0 Å². The van der Waals surface area contributed by atoms with Crippen molar-refractivity contribution in [2.24, 2.45) is 0 Å². The quantitative estimate of drug-likeness (QED) is 0.512. The number of fused-ring (bicyclic) bond motifs is 1. The molecule has 2 aromatic heterocycles. The minimum Gasteiger partial charge on any atom is -0.375 e. The Bertz CT molecular complexity index is 627. The number of nitrogens with zero attached hydrogens (tertiary/aromatic N) is 2. The first kappa shape index (κ1) is 13.0. The standard InChI is InChI=1S/C13H17N3OS/c1-9(2)8-17-5-4-16-12-11(15-13(16)18)6-10(3)7-14-12/h6-7H,1,4-5,8H2,2-3H3,(H,15,18). The van der Waals surface area contributed by atoms with Crippen molar-refractivity contribution in [3.05, 3.63) is 34.7 Å². The van der Waals surface area contributed by atoms with E-state index in [1.807, 2.05) is 30.7 Å². The van der Waals surface area contributed by atoms with E-state index < -0.39 is 0 Å². The number of pyridine rings is 1. The zero-order chi connectivity index (χ0) is 13.1. The summed E-state index contributed by atoms with van der Waals surface area (Å²) < 4.78 is 8.13. The summed E-state index contributed by atoms with van der Waals surface area (Å²) in [4.78, 5) is 7.57. The van der Waals surface area contributed by atoms with Crippen LogP contribution in [0, 0.1) is 11.7 Å². The fourth-order valence-corrected chi connectivity index (χ4v) is 2.05. The van der Waals surface area contributed by atoms with Gasteiger partial charge < -0.3 is 9.72 Å². The summed E-state index contributed by atoms with van der Waals surface area (Å²) in [6.45, 7) is 9.64. The molecule has 4 nitrogen and oxygen atoms in total. The highest BCUT2D eigenvalue weighted by Crippen LogP contribution is 2.12. The first-order valence-corrected chi connectivity index (χ1v) is 6.26. The molecule has 0 unspecified atom stereocenters. The number of imidazole rings is 1. The molecular formula is C13H17N3OS. The number of aromatic nitrogens is 3. The van der Waals surface area contributed by atoms with Gasteiger partial charge in [-0.15, -0.1) is 0 Å². The minimum atomic E-state index is 0.586. The smallest absolute Gasteiger partial charge is 0.179 e. The third kappa shape index (κ3) is 2.86. The predicted molar refractivity (Wildman–Crippen MR) is 75.3 cm³/mol. The molecule has 0 amide bonds. The van der Waals surface area contributed by atoms with E-state index in [2.05, 4.69) is 16.5 Å². The SMILES string of the molecule is C=C(C)COCCn1c(=S)[nH]c2cc(C)cnc21. The molecule has 0 aromatic carbocycles. The lowest BCUT2D eigenvalue weighted by molar-refractivity contribution is 0.148. The number of H-pyrrole nitrogens is 1. The van der Waals surface area contributed by atoms with E-state index in [9.17, 15) is 0 Å². The van der Waals surface area contributed by atoms with Crippen LogP contribution in [0.15, 0.2) is 24.4 Å². The monoisotopic (exact) mass is 263 g/mol. The maximum atomic E-state index is 5.49. The van der Waals surface area contributed by atoms with Crippen LogP contribution >= 0.6 is 12.2 Å². The first-order valence-electron chi connectivity index (χ1n) is 5.85. The molecule has 0 aliphatic rings. The van der Waals surface area contributed by atoms with Crippen LogP contribution in [-0.4, -0.2) is 27.7 Å². The molecule has 2 rings (SSSR count). The van der Waals surface area contributed by atoms with Gasteiger partial charge in [-0.2, -0.15) is 0 Å². The predicted octanol–water partition coefficient (Wildman–Crippen LogP) is 3.00. The highest BCUT2D eigenvalue weighted by Gasteiger charge is 2.05. The van der Waals surface area contributed by atoms with Crippen molar-refractivity contribution in [3.8, 4) is 0 Å². The Kier molecular flexibility index (Phi) is 3.93. The van der Waals surface area contributed by atoms with Crippen LogP contribution in [0.4, 0.5) is 0 Å². The molecule has 5 heteroatoms. The molecule has 0 aliphatic carbocycles. The summed E-state index contributed by atoms with van der Waals surface area (Å²) >= 11 is 5.29. The minimum absolute atomic E-state index is 0.586. The number of nitrogens with one attached hydrogen (secondary N) is 1. The summed E-state index contributed by atoms with van der Waals surface area (Å²) in [6, 6.07) is 2.05. The molecule has 0 saturated heterocycles. The van der Waals surface area contributed by atoms with Crippen molar-refractivity contribution in [1.82, 2.24) is 14.5 Å². The molecule has 0 atom stereocenters.